The summed E-state index contributed by atoms with van der Waals surface area (Å²) >= 11 is 3.31. The first-order valence-corrected chi connectivity index (χ1v) is 7.89. The fourth-order valence-corrected chi connectivity index (χ4v) is 3.85. The standard InChI is InChI=1S/C15H18BrFN2O/c16-11-4-5-13(17)10(6-11)8-19-15(20)14-12-3-1-2-9(12)7-18-14/h4-6,9,12,14,18H,1-3,7-8H2,(H,19,20). The number of rotatable bonds is 3. The van der Waals surface area contributed by atoms with Crippen LogP contribution in [0.15, 0.2) is 22.7 Å². The lowest BCUT2D eigenvalue weighted by Crippen LogP contribution is -2.43. The summed E-state index contributed by atoms with van der Waals surface area (Å²) in [6.45, 7) is 1.17. The van der Waals surface area contributed by atoms with Gasteiger partial charge < -0.3 is 10.6 Å². The number of carbonyl (C=O) groups is 1. The molecule has 20 heavy (non-hydrogen) atoms. The average Bonchev–Trinajstić information content (AvgIpc) is 3.02. The molecule has 3 rings (SSSR count). The van der Waals surface area contributed by atoms with E-state index < -0.39 is 0 Å². The van der Waals surface area contributed by atoms with Gasteiger partial charge in [0.25, 0.3) is 0 Å². The van der Waals surface area contributed by atoms with Crippen molar-refractivity contribution in [2.75, 3.05) is 6.54 Å². The predicted molar refractivity (Wildman–Crippen MR) is 78.6 cm³/mol. The number of nitrogens with one attached hydrogen (secondary N) is 2. The van der Waals surface area contributed by atoms with Gasteiger partial charge in [-0.2, -0.15) is 0 Å². The maximum atomic E-state index is 13.6. The summed E-state index contributed by atoms with van der Waals surface area (Å²) in [7, 11) is 0. The van der Waals surface area contributed by atoms with Crippen molar-refractivity contribution < 1.29 is 9.18 Å². The number of amides is 1. The van der Waals surface area contributed by atoms with E-state index in [-0.39, 0.29) is 24.3 Å². The SMILES string of the molecule is O=C(NCc1cc(Br)ccc1F)C1NCC2CCCC21. The van der Waals surface area contributed by atoms with Crippen LogP contribution in [0, 0.1) is 17.7 Å². The van der Waals surface area contributed by atoms with Gasteiger partial charge in [-0.1, -0.05) is 22.4 Å². The molecule has 2 aliphatic rings. The molecule has 0 radical (unpaired) electrons. The molecule has 2 N–H and O–H groups in total. The summed E-state index contributed by atoms with van der Waals surface area (Å²) in [5, 5.41) is 6.16. The Bertz CT molecular complexity index is 523. The molecular formula is C15H18BrFN2O. The van der Waals surface area contributed by atoms with Crippen LogP contribution in [-0.2, 0) is 11.3 Å². The van der Waals surface area contributed by atoms with Gasteiger partial charge in [-0.3, -0.25) is 4.79 Å². The minimum atomic E-state index is -0.286. The third kappa shape index (κ3) is 2.74. The van der Waals surface area contributed by atoms with Gasteiger partial charge in [-0.05, 0) is 49.4 Å². The van der Waals surface area contributed by atoms with E-state index in [0.29, 0.717) is 17.4 Å². The van der Waals surface area contributed by atoms with Crippen molar-refractivity contribution in [2.24, 2.45) is 11.8 Å². The molecule has 5 heteroatoms. The lowest BCUT2D eigenvalue weighted by atomic mass is 9.93. The van der Waals surface area contributed by atoms with Gasteiger partial charge in [-0.15, -0.1) is 0 Å². The van der Waals surface area contributed by atoms with E-state index in [9.17, 15) is 9.18 Å². The molecule has 1 aromatic carbocycles. The maximum Gasteiger partial charge on any atom is 0.237 e. The number of carbonyl (C=O) groups excluding carboxylic acids is 1. The molecule has 1 aliphatic heterocycles. The van der Waals surface area contributed by atoms with Crippen LogP contribution in [0.4, 0.5) is 4.39 Å². The van der Waals surface area contributed by atoms with Crippen molar-refractivity contribution in [1.82, 2.24) is 10.6 Å². The molecule has 3 atom stereocenters. The molecular weight excluding hydrogens is 323 g/mol. The third-order valence-electron chi connectivity index (χ3n) is 4.49. The predicted octanol–water partition coefficient (Wildman–Crippen LogP) is 2.59. The van der Waals surface area contributed by atoms with E-state index in [4.69, 9.17) is 0 Å². The van der Waals surface area contributed by atoms with Gasteiger partial charge in [0.05, 0.1) is 6.04 Å². The first-order chi connectivity index (χ1) is 9.65. The van der Waals surface area contributed by atoms with Crippen molar-refractivity contribution in [3.63, 3.8) is 0 Å². The molecule has 0 spiro atoms. The molecule has 3 nitrogen and oxygen atoms in total. The summed E-state index contributed by atoms with van der Waals surface area (Å²) in [4.78, 5) is 12.2. The van der Waals surface area contributed by atoms with Gasteiger partial charge in [-0.25, -0.2) is 4.39 Å². The van der Waals surface area contributed by atoms with Crippen LogP contribution >= 0.6 is 15.9 Å². The minimum Gasteiger partial charge on any atom is -0.351 e. The van der Waals surface area contributed by atoms with E-state index in [1.807, 2.05) is 0 Å². The van der Waals surface area contributed by atoms with Gasteiger partial charge in [0, 0.05) is 16.6 Å². The molecule has 0 aromatic heterocycles. The molecule has 0 bridgehead atoms. The molecule has 1 aliphatic carbocycles. The summed E-state index contributed by atoms with van der Waals surface area (Å²) < 4.78 is 14.4. The second-order valence-corrected chi connectivity index (χ2v) is 6.61. The number of fused-ring (bicyclic) bond motifs is 1. The first-order valence-electron chi connectivity index (χ1n) is 7.10. The van der Waals surface area contributed by atoms with Crippen molar-refractivity contribution in [2.45, 2.75) is 31.8 Å². The zero-order valence-corrected chi connectivity index (χ0v) is 12.7. The van der Waals surface area contributed by atoms with Crippen molar-refractivity contribution in [1.29, 1.82) is 0 Å². The van der Waals surface area contributed by atoms with Gasteiger partial charge in [0.2, 0.25) is 5.91 Å². The second-order valence-electron chi connectivity index (χ2n) is 5.69. The Morgan fingerprint density at radius 3 is 3.15 bits per heavy atom. The smallest absolute Gasteiger partial charge is 0.237 e. The lowest BCUT2D eigenvalue weighted by molar-refractivity contribution is -0.123. The van der Waals surface area contributed by atoms with Gasteiger partial charge in [0.1, 0.15) is 5.82 Å². The summed E-state index contributed by atoms with van der Waals surface area (Å²) in [6, 6.07) is 4.67. The second kappa shape index (κ2) is 5.82. The van der Waals surface area contributed by atoms with Crippen molar-refractivity contribution in [3.8, 4) is 0 Å². The highest BCUT2D eigenvalue weighted by atomic mass is 79.9. The Hall–Kier alpha value is -0.940. The number of hydrogen-bond donors (Lipinski definition) is 2. The Morgan fingerprint density at radius 2 is 2.30 bits per heavy atom. The molecule has 2 fully saturated rings. The van der Waals surface area contributed by atoms with Crippen molar-refractivity contribution in [3.05, 3.63) is 34.1 Å². The zero-order chi connectivity index (χ0) is 14.1. The number of hydrogen-bond acceptors (Lipinski definition) is 2. The molecule has 1 heterocycles. The number of halogens is 2. The van der Waals surface area contributed by atoms with Crippen LogP contribution in [0.3, 0.4) is 0 Å². The van der Waals surface area contributed by atoms with Crippen LogP contribution in [-0.4, -0.2) is 18.5 Å². The van der Waals surface area contributed by atoms with Gasteiger partial charge in [0.15, 0.2) is 0 Å². The van der Waals surface area contributed by atoms with Gasteiger partial charge >= 0.3 is 0 Å². The fourth-order valence-electron chi connectivity index (χ4n) is 3.45. The van der Waals surface area contributed by atoms with E-state index in [0.717, 1.165) is 17.4 Å². The van der Waals surface area contributed by atoms with Crippen LogP contribution < -0.4 is 10.6 Å². The molecule has 1 amide bonds. The topological polar surface area (TPSA) is 41.1 Å². The lowest BCUT2D eigenvalue weighted by Gasteiger charge is -2.18. The highest BCUT2D eigenvalue weighted by Gasteiger charge is 2.42. The van der Waals surface area contributed by atoms with E-state index in [1.54, 1.807) is 12.1 Å². The Labute approximate surface area is 126 Å². The molecule has 1 saturated carbocycles. The summed E-state index contributed by atoms with van der Waals surface area (Å²) in [5.74, 6) is 0.820. The minimum absolute atomic E-state index is 0.00113. The van der Waals surface area contributed by atoms with Crippen LogP contribution in [0.2, 0.25) is 0 Å². The highest BCUT2D eigenvalue weighted by molar-refractivity contribution is 9.10. The maximum absolute atomic E-state index is 13.6. The zero-order valence-electron chi connectivity index (χ0n) is 11.2. The molecule has 108 valence electrons. The van der Waals surface area contributed by atoms with Crippen LogP contribution in [0.5, 0.6) is 0 Å². The number of benzene rings is 1. The Kier molecular flexibility index (Phi) is 4.08. The Morgan fingerprint density at radius 1 is 1.45 bits per heavy atom. The monoisotopic (exact) mass is 340 g/mol. The molecule has 3 unspecified atom stereocenters. The first kappa shape index (κ1) is 14.0. The van der Waals surface area contributed by atoms with Crippen LogP contribution in [0.1, 0.15) is 24.8 Å². The fraction of sp³-hybridized carbons (Fsp3) is 0.533. The normalized spacial score (nSPS) is 28.4. The third-order valence-corrected chi connectivity index (χ3v) is 4.98. The largest absolute Gasteiger partial charge is 0.351 e. The van der Waals surface area contributed by atoms with Crippen molar-refractivity contribution >= 4 is 21.8 Å². The van der Waals surface area contributed by atoms with Crippen LogP contribution in [0.25, 0.3) is 0 Å². The average molecular weight is 341 g/mol. The summed E-state index contributed by atoms with van der Waals surface area (Å²) in [6.07, 6.45) is 3.57. The summed E-state index contributed by atoms with van der Waals surface area (Å²) in [5.41, 5.74) is 0.508. The molecule has 1 saturated heterocycles. The quantitative estimate of drug-likeness (QED) is 0.887. The Balaban J connectivity index is 1.61. The molecule has 1 aromatic rings. The van der Waals surface area contributed by atoms with E-state index in [2.05, 4.69) is 26.6 Å². The van der Waals surface area contributed by atoms with E-state index >= 15 is 0 Å². The highest BCUT2D eigenvalue weighted by Crippen LogP contribution is 2.37. The van der Waals surface area contributed by atoms with E-state index in [1.165, 1.54) is 18.9 Å².